The average molecular weight is 187 g/mol. The van der Waals surface area contributed by atoms with Crippen molar-refractivity contribution in [1.29, 1.82) is 0 Å². The van der Waals surface area contributed by atoms with Gasteiger partial charge in [0.15, 0.2) is 0 Å². The normalized spacial score (nSPS) is 33.0. The third-order valence-corrected chi connectivity index (χ3v) is 2.50. The van der Waals surface area contributed by atoms with Crippen molar-refractivity contribution in [1.82, 2.24) is 5.32 Å². The number of ether oxygens (including phenoxy) is 1. The summed E-state index contributed by atoms with van der Waals surface area (Å²) in [4.78, 5) is 0. The van der Waals surface area contributed by atoms with Crippen molar-refractivity contribution in [2.24, 2.45) is 0 Å². The van der Waals surface area contributed by atoms with Crippen LogP contribution in [0.15, 0.2) is 0 Å². The van der Waals surface area contributed by atoms with Gasteiger partial charge >= 0.3 is 0 Å². The minimum atomic E-state index is -0.491. The molecule has 0 spiro atoms. The molecule has 0 heterocycles. The molecule has 0 saturated heterocycles. The summed E-state index contributed by atoms with van der Waals surface area (Å²) in [5, 5.41) is 13.1. The Kier molecular flexibility index (Phi) is 4.16. The summed E-state index contributed by atoms with van der Waals surface area (Å²) >= 11 is 0. The predicted molar refractivity (Wildman–Crippen MR) is 52.8 cm³/mol. The van der Waals surface area contributed by atoms with Crippen molar-refractivity contribution in [3.63, 3.8) is 0 Å². The summed E-state index contributed by atoms with van der Waals surface area (Å²) in [5.41, 5.74) is -0.491. The number of hydrogen-bond donors (Lipinski definition) is 2. The van der Waals surface area contributed by atoms with Crippen molar-refractivity contribution in [2.45, 2.75) is 44.8 Å². The molecule has 1 aliphatic rings. The van der Waals surface area contributed by atoms with Crippen LogP contribution in [0.1, 0.15) is 33.1 Å². The Hall–Kier alpha value is -0.120. The molecule has 0 bridgehead atoms. The number of hydrogen-bond acceptors (Lipinski definition) is 3. The van der Waals surface area contributed by atoms with Gasteiger partial charge in [-0.15, -0.1) is 0 Å². The summed E-state index contributed by atoms with van der Waals surface area (Å²) in [6.45, 7) is 6.57. The Morgan fingerprint density at radius 1 is 1.46 bits per heavy atom. The smallest absolute Gasteiger partial charge is 0.0820 e. The van der Waals surface area contributed by atoms with Crippen molar-refractivity contribution >= 4 is 0 Å². The highest BCUT2D eigenvalue weighted by molar-refractivity contribution is 4.96. The van der Waals surface area contributed by atoms with Crippen LogP contribution in [0.25, 0.3) is 0 Å². The molecule has 0 amide bonds. The fraction of sp³-hybridized carbons (Fsp3) is 1.00. The first-order valence-electron chi connectivity index (χ1n) is 5.25. The zero-order valence-electron chi connectivity index (χ0n) is 8.68. The monoisotopic (exact) mass is 187 g/mol. The van der Waals surface area contributed by atoms with E-state index in [1.807, 2.05) is 6.92 Å². The van der Waals surface area contributed by atoms with Crippen LogP contribution in [0.2, 0.25) is 0 Å². The predicted octanol–water partition coefficient (Wildman–Crippen LogP) is 0.916. The molecule has 0 aliphatic heterocycles. The SMILES string of the molecule is CCCNCC1(O)CC(OCC)C1. The lowest BCUT2D eigenvalue weighted by Gasteiger charge is -2.43. The Balaban J connectivity index is 2.07. The first-order chi connectivity index (χ1) is 6.20. The van der Waals surface area contributed by atoms with Gasteiger partial charge in [0.05, 0.1) is 11.7 Å². The van der Waals surface area contributed by atoms with Crippen LogP contribution in [0.4, 0.5) is 0 Å². The third-order valence-electron chi connectivity index (χ3n) is 2.50. The van der Waals surface area contributed by atoms with Crippen LogP contribution in [0.5, 0.6) is 0 Å². The van der Waals surface area contributed by atoms with E-state index in [1.165, 1.54) is 0 Å². The molecule has 0 atom stereocenters. The summed E-state index contributed by atoms with van der Waals surface area (Å²) in [5.74, 6) is 0. The van der Waals surface area contributed by atoms with E-state index in [1.54, 1.807) is 0 Å². The molecule has 0 aromatic rings. The van der Waals surface area contributed by atoms with Gasteiger partial charge < -0.3 is 15.2 Å². The van der Waals surface area contributed by atoms with Gasteiger partial charge in [0.25, 0.3) is 0 Å². The lowest BCUT2D eigenvalue weighted by Crippen LogP contribution is -2.54. The van der Waals surface area contributed by atoms with E-state index >= 15 is 0 Å². The molecule has 1 rings (SSSR count). The number of nitrogens with one attached hydrogen (secondary N) is 1. The van der Waals surface area contributed by atoms with E-state index in [0.717, 1.165) is 32.4 Å². The molecule has 0 aromatic carbocycles. The summed E-state index contributed by atoms with van der Waals surface area (Å²) in [7, 11) is 0. The Morgan fingerprint density at radius 3 is 2.69 bits per heavy atom. The van der Waals surface area contributed by atoms with E-state index in [4.69, 9.17) is 4.74 Å². The molecule has 1 fully saturated rings. The van der Waals surface area contributed by atoms with Gasteiger partial charge in [0, 0.05) is 26.0 Å². The minimum absolute atomic E-state index is 0.290. The van der Waals surface area contributed by atoms with E-state index in [9.17, 15) is 5.11 Å². The quantitative estimate of drug-likeness (QED) is 0.607. The van der Waals surface area contributed by atoms with Crippen molar-refractivity contribution in [3.8, 4) is 0 Å². The fourth-order valence-electron chi connectivity index (χ4n) is 1.78. The second-order valence-corrected chi connectivity index (χ2v) is 3.89. The maximum Gasteiger partial charge on any atom is 0.0820 e. The van der Waals surface area contributed by atoms with Crippen LogP contribution in [0.3, 0.4) is 0 Å². The summed E-state index contributed by atoms with van der Waals surface area (Å²) in [6.07, 6.45) is 2.98. The molecule has 13 heavy (non-hydrogen) atoms. The first-order valence-corrected chi connectivity index (χ1v) is 5.25. The fourth-order valence-corrected chi connectivity index (χ4v) is 1.78. The van der Waals surface area contributed by atoms with Gasteiger partial charge in [-0.25, -0.2) is 0 Å². The number of aliphatic hydroxyl groups is 1. The Bertz CT molecular complexity index is 138. The topological polar surface area (TPSA) is 41.5 Å². The number of rotatable bonds is 6. The van der Waals surface area contributed by atoms with Crippen LogP contribution >= 0.6 is 0 Å². The van der Waals surface area contributed by atoms with Gasteiger partial charge in [-0.1, -0.05) is 6.92 Å². The molecule has 78 valence electrons. The van der Waals surface area contributed by atoms with Gasteiger partial charge in [0.2, 0.25) is 0 Å². The Labute approximate surface area is 80.5 Å². The maximum atomic E-state index is 9.89. The molecule has 2 N–H and O–H groups in total. The molecule has 0 radical (unpaired) electrons. The van der Waals surface area contributed by atoms with Gasteiger partial charge in [-0.2, -0.15) is 0 Å². The van der Waals surface area contributed by atoms with Gasteiger partial charge in [-0.05, 0) is 19.9 Å². The highest BCUT2D eigenvalue weighted by Gasteiger charge is 2.42. The highest BCUT2D eigenvalue weighted by atomic mass is 16.5. The molecular weight excluding hydrogens is 166 g/mol. The molecule has 3 heteroatoms. The van der Waals surface area contributed by atoms with E-state index < -0.39 is 5.60 Å². The van der Waals surface area contributed by atoms with Crippen LogP contribution < -0.4 is 5.32 Å². The molecule has 0 aromatic heterocycles. The van der Waals surface area contributed by atoms with E-state index in [2.05, 4.69) is 12.2 Å². The maximum absolute atomic E-state index is 9.89. The highest BCUT2D eigenvalue weighted by Crippen LogP contribution is 2.33. The second kappa shape index (κ2) is 4.94. The van der Waals surface area contributed by atoms with Crippen molar-refractivity contribution < 1.29 is 9.84 Å². The van der Waals surface area contributed by atoms with Gasteiger partial charge in [-0.3, -0.25) is 0 Å². The summed E-state index contributed by atoms with van der Waals surface area (Å²) in [6, 6.07) is 0. The van der Waals surface area contributed by atoms with E-state index in [-0.39, 0.29) is 0 Å². The zero-order chi connectivity index (χ0) is 9.73. The molecule has 1 aliphatic carbocycles. The molecule has 1 saturated carbocycles. The van der Waals surface area contributed by atoms with Crippen LogP contribution in [-0.4, -0.2) is 36.5 Å². The largest absolute Gasteiger partial charge is 0.388 e. The Morgan fingerprint density at radius 2 is 2.15 bits per heavy atom. The molecule has 0 unspecified atom stereocenters. The minimum Gasteiger partial charge on any atom is -0.388 e. The van der Waals surface area contributed by atoms with Crippen molar-refractivity contribution in [2.75, 3.05) is 19.7 Å². The average Bonchev–Trinajstić information content (AvgIpc) is 2.03. The lowest BCUT2D eigenvalue weighted by molar-refractivity contribution is -0.134. The zero-order valence-corrected chi connectivity index (χ0v) is 8.68. The lowest BCUT2D eigenvalue weighted by atomic mass is 9.77. The van der Waals surface area contributed by atoms with Crippen LogP contribution in [-0.2, 0) is 4.74 Å². The van der Waals surface area contributed by atoms with Crippen molar-refractivity contribution in [3.05, 3.63) is 0 Å². The molecule has 3 nitrogen and oxygen atoms in total. The van der Waals surface area contributed by atoms with E-state index in [0.29, 0.717) is 12.6 Å². The second-order valence-electron chi connectivity index (χ2n) is 3.89. The van der Waals surface area contributed by atoms with Gasteiger partial charge in [0.1, 0.15) is 0 Å². The summed E-state index contributed by atoms with van der Waals surface area (Å²) < 4.78 is 5.39. The van der Waals surface area contributed by atoms with Crippen LogP contribution in [0, 0.1) is 0 Å². The standard InChI is InChI=1S/C10H21NO2/c1-3-5-11-8-10(12)6-9(7-10)13-4-2/h9,11-12H,3-8H2,1-2H3. The first kappa shape index (κ1) is 11.0. The molecular formula is C10H21NO2. The third kappa shape index (κ3) is 3.25.